The van der Waals surface area contributed by atoms with Gasteiger partial charge in [0.2, 0.25) is 5.89 Å². The van der Waals surface area contributed by atoms with Gasteiger partial charge in [-0.25, -0.2) is 0 Å². The van der Waals surface area contributed by atoms with Crippen LogP contribution in [0.4, 0.5) is 0 Å². The Morgan fingerprint density at radius 1 is 1.26 bits per heavy atom. The van der Waals surface area contributed by atoms with Crippen molar-refractivity contribution < 1.29 is 4.52 Å². The fourth-order valence-corrected chi connectivity index (χ4v) is 1.97. The predicted molar refractivity (Wildman–Crippen MR) is 68.1 cm³/mol. The summed E-state index contributed by atoms with van der Waals surface area (Å²) in [7, 11) is 0. The van der Waals surface area contributed by atoms with Gasteiger partial charge in [-0.15, -0.1) is 0 Å². The molecule has 0 aliphatic rings. The highest BCUT2D eigenvalue weighted by Crippen LogP contribution is 2.23. The summed E-state index contributed by atoms with van der Waals surface area (Å²) < 4.78 is 7.10. The second kappa shape index (κ2) is 5.03. The second-order valence-corrected chi connectivity index (χ2v) is 4.07. The summed E-state index contributed by atoms with van der Waals surface area (Å²) in [6.45, 7) is 0.235. The molecule has 0 saturated carbocycles. The van der Waals surface area contributed by atoms with Crippen LogP contribution in [0.3, 0.4) is 0 Å². The highest BCUT2D eigenvalue weighted by atomic mass is 16.5. The van der Waals surface area contributed by atoms with Gasteiger partial charge in [0.25, 0.3) is 0 Å². The van der Waals surface area contributed by atoms with E-state index in [0.717, 1.165) is 5.56 Å². The van der Waals surface area contributed by atoms with Crippen LogP contribution in [0.25, 0.3) is 0 Å². The maximum Gasteiger partial charge on any atom is 0.240 e. The Labute approximate surface area is 109 Å². The molecule has 3 rings (SSSR count). The zero-order chi connectivity index (χ0) is 13.1. The molecule has 19 heavy (non-hydrogen) atoms. The van der Waals surface area contributed by atoms with Gasteiger partial charge >= 0.3 is 0 Å². The minimum atomic E-state index is -0.159. The summed E-state index contributed by atoms with van der Waals surface area (Å²) in [5.74, 6) is 1.00. The zero-order valence-electron chi connectivity index (χ0n) is 10.2. The van der Waals surface area contributed by atoms with Crippen LogP contribution in [0.15, 0.2) is 53.6 Å². The minimum Gasteiger partial charge on any atom is -0.339 e. The van der Waals surface area contributed by atoms with Gasteiger partial charge in [0.15, 0.2) is 5.82 Å². The summed E-state index contributed by atoms with van der Waals surface area (Å²) in [4.78, 5) is 8.45. The van der Waals surface area contributed by atoms with Gasteiger partial charge in [-0.3, -0.25) is 4.98 Å². The van der Waals surface area contributed by atoms with Crippen molar-refractivity contribution in [1.29, 1.82) is 0 Å². The first-order valence-electron chi connectivity index (χ1n) is 5.93. The molecule has 0 bridgehead atoms. The third kappa shape index (κ3) is 2.25. The maximum absolute atomic E-state index is 5.51. The molecule has 2 N–H and O–H groups in total. The van der Waals surface area contributed by atoms with Crippen molar-refractivity contribution >= 4 is 0 Å². The van der Waals surface area contributed by atoms with Crippen molar-refractivity contribution in [2.24, 2.45) is 5.73 Å². The Balaban J connectivity index is 2.07. The van der Waals surface area contributed by atoms with E-state index in [9.17, 15) is 0 Å². The Kier molecular flexibility index (Phi) is 3.07. The largest absolute Gasteiger partial charge is 0.339 e. The molecule has 0 radical (unpaired) electrons. The van der Waals surface area contributed by atoms with Crippen molar-refractivity contribution in [3.63, 3.8) is 0 Å². The first-order chi connectivity index (χ1) is 9.38. The van der Waals surface area contributed by atoms with Gasteiger partial charge in [-0.05, 0) is 18.2 Å². The number of rotatable bonds is 4. The molecule has 0 amide bonds. The standard InChI is InChI=1S/C13H13N5O/c14-8-11-16-13(17-19-11)12(18-6-1-2-7-18)10-4-3-5-15-9-10/h1-7,9,12H,8,14H2/t12-/m0/s1. The summed E-state index contributed by atoms with van der Waals surface area (Å²) in [6.07, 6.45) is 7.44. The van der Waals surface area contributed by atoms with E-state index in [1.54, 1.807) is 12.4 Å². The molecule has 0 fully saturated rings. The van der Waals surface area contributed by atoms with Gasteiger partial charge in [0, 0.05) is 30.4 Å². The van der Waals surface area contributed by atoms with E-state index in [4.69, 9.17) is 10.3 Å². The van der Waals surface area contributed by atoms with Crippen molar-refractivity contribution in [1.82, 2.24) is 19.7 Å². The van der Waals surface area contributed by atoms with E-state index in [1.807, 2.05) is 41.2 Å². The highest BCUT2D eigenvalue weighted by Gasteiger charge is 2.21. The van der Waals surface area contributed by atoms with E-state index in [1.165, 1.54) is 0 Å². The van der Waals surface area contributed by atoms with Gasteiger partial charge in [0.1, 0.15) is 6.04 Å². The van der Waals surface area contributed by atoms with Crippen molar-refractivity contribution in [3.8, 4) is 0 Å². The lowest BCUT2D eigenvalue weighted by molar-refractivity contribution is 0.371. The molecule has 0 saturated heterocycles. The van der Waals surface area contributed by atoms with Crippen LogP contribution in [0.2, 0.25) is 0 Å². The van der Waals surface area contributed by atoms with Gasteiger partial charge in [0.05, 0.1) is 6.54 Å². The molecular weight excluding hydrogens is 242 g/mol. The molecule has 3 aromatic rings. The van der Waals surface area contributed by atoms with Crippen molar-refractivity contribution in [3.05, 3.63) is 66.3 Å². The maximum atomic E-state index is 5.51. The van der Waals surface area contributed by atoms with Crippen molar-refractivity contribution in [2.45, 2.75) is 12.6 Å². The number of nitrogens with zero attached hydrogens (tertiary/aromatic N) is 4. The number of hydrogen-bond donors (Lipinski definition) is 1. The smallest absolute Gasteiger partial charge is 0.240 e. The quantitative estimate of drug-likeness (QED) is 0.761. The molecule has 0 aromatic carbocycles. The lowest BCUT2D eigenvalue weighted by Gasteiger charge is -2.15. The lowest BCUT2D eigenvalue weighted by atomic mass is 10.1. The van der Waals surface area contributed by atoms with Crippen molar-refractivity contribution in [2.75, 3.05) is 0 Å². The van der Waals surface area contributed by atoms with Crippen LogP contribution in [0.1, 0.15) is 23.3 Å². The molecule has 0 spiro atoms. The highest BCUT2D eigenvalue weighted by molar-refractivity contribution is 5.23. The van der Waals surface area contributed by atoms with E-state index in [2.05, 4.69) is 15.1 Å². The molecule has 3 aromatic heterocycles. The zero-order valence-corrected chi connectivity index (χ0v) is 10.2. The normalized spacial score (nSPS) is 12.5. The summed E-state index contributed by atoms with van der Waals surface area (Å²) in [5, 5.41) is 4.00. The first kappa shape index (κ1) is 11.6. The number of nitrogens with two attached hydrogens (primary N) is 1. The van der Waals surface area contributed by atoms with E-state index in [-0.39, 0.29) is 12.6 Å². The second-order valence-electron chi connectivity index (χ2n) is 4.07. The molecule has 1 atom stereocenters. The molecule has 6 heteroatoms. The van der Waals surface area contributed by atoms with E-state index >= 15 is 0 Å². The minimum absolute atomic E-state index is 0.159. The lowest BCUT2D eigenvalue weighted by Crippen LogP contribution is -2.12. The van der Waals surface area contributed by atoms with Crippen LogP contribution >= 0.6 is 0 Å². The van der Waals surface area contributed by atoms with Gasteiger partial charge < -0.3 is 14.8 Å². The van der Waals surface area contributed by atoms with Crippen LogP contribution in [-0.4, -0.2) is 19.7 Å². The van der Waals surface area contributed by atoms with E-state index in [0.29, 0.717) is 11.7 Å². The predicted octanol–water partition coefficient (Wildman–Crippen LogP) is 1.36. The molecule has 0 aliphatic carbocycles. The van der Waals surface area contributed by atoms with E-state index < -0.39 is 0 Å². The number of hydrogen-bond acceptors (Lipinski definition) is 5. The molecule has 96 valence electrons. The molecular formula is C13H13N5O. The van der Waals surface area contributed by atoms with Crippen LogP contribution < -0.4 is 5.73 Å². The Bertz CT molecular complexity index is 632. The summed E-state index contributed by atoms with van der Waals surface area (Å²) in [6, 6.07) is 7.61. The third-order valence-electron chi connectivity index (χ3n) is 2.83. The fourth-order valence-electron chi connectivity index (χ4n) is 1.97. The average Bonchev–Trinajstić information content (AvgIpc) is 3.12. The summed E-state index contributed by atoms with van der Waals surface area (Å²) >= 11 is 0. The van der Waals surface area contributed by atoms with Gasteiger partial charge in [-0.1, -0.05) is 11.2 Å². The fraction of sp³-hybridized carbons (Fsp3) is 0.154. The van der Waals surface area contributed by atoms with Crippen LogP contribution in [0.5, 0.6) is 0 Å². The first-order valence-corrected chi connectivity index (χ1v) is 5.93. The van der Waals surface area contributed by atoms with Crippen LogP contribution in [0, 0.1) is 0 Å². The van der Waals surface area contributed by atoms with Crippen LogP contribution in [-0.2, 0) is 6.54 Å². The third-order valence-corrected chi connectivity index (χ3v) is 2.83. The topological polar surface area (TPSA) is 82.8 Å². The molecule has 0 unspecified atom stereocenters. The van der Waals surface area contributed by atoms with Gasteiger partial charge in [-0.2, -0.15) is 4.98 Å². The Morgan fingerprint density at radius 2 is 2.11 bits per heavy atom. The number of pyridine rings is 1. The molecule has 3 heterocycles. The SMILES string of the molecule is NCc1nc([C@H](c2cccnc2)n2cccc2)no1. The summed E-state index contributed by atoms with van der Waals surface area (Å²) in [5.41, 5.74) is 6.49. The Morgan fingerprint density at radius 3 is 2.74 bits per heavy atom. The monoisotopic (exact) mass is 255 g/mol. The Hall–Kier alpha value is -2.47. The molecule has 6 nitrogen and oxygen atoms in total. The number of aromatic nitrogens is 4. The molecule has 0 aliphatic heterocycles. The average molecular weight is 255 g/mol.